The third-order valence-corrected chi connectivity index (χ3v) is 5.35. The topological polar surface area (TPSA) is 3.24 Å². The summed E-state index contributed by atoms with van der Waals surface area (Å²) in [5, 5.41) is 0. The molecule has 28 heavy (non-hydrogen) atoms. The normalized spacial score (nSPS) is 19.0. The highest BCUT2D eigenvalue weighted by Crippen LogP contribution is 2.49. The predicted octanol–water partition coefficient (Wildman–Crippen LogP) is 6.26. The Morgan fingerprint density at radius 1 is 0.714 bits per heavy atom. The molecule has 0 radical (unpaired) electrons. The van der Waals surface area contributed by atoms with E-state index in [1.807, 2.05) is 36.4 Å². The molecule has 1 aliphatic rings. The molecule has 3 aromatic carbocycles. The Bertz CT molecular complexity index is 864. The van der Waals surface area contributed by atoms with Gasteiger partial charge in [-0.25, -0.2) is 0 Å². The fourth-order valence-electron chi connectivity index (χ4n) is 3.92. The largest absolute Gasteiger partial charge is 0.416 e. The molecule has 0 saturated heterocycles. The Balaban J connectivity index is 1.58. The van der Waals surface area contributed by atoms with Gasteiger partial charge in [0, 0.05) is 25.0 Å². The molecule has 3 aromatic rings. The highest BCUT2D eigenvalue weighted by molar-refractivity contribution is 5.38. The van der Waals surface area contributed by atoms with Crippen LogP contribution in [0.3, 0.4) is 0 Å². The lowest BCUT2D eigenvalue weighted by atomic mass is 10.0. The van der Waals surface area contributed by atoms with E-state index >= 15 is 0 Å². The summed E-state index contributed by atoms with van der Waals surface area (Å²) in [5.41, 5.74) is 2.27. The fraction of sp³-hybridized carbons (Fsp3) is 0.250. The first kappa shape index (κ1) is 18.8. The molecule has 2 atom stereocenters. The van der Waals surface area contributed by atoms with Crippen molar-refractivity contribution in [2.75, 3.05) is 0 Å². The Hall–Kier alpha value is -2.59. The molecule has 0 aromatic heterocycles. The zero-order valence-electron chi connectivity index (χ0n) is 15.4. The first-order valence-corrected chi connectivity index (χ1v) is 9.50. The molecule has 1 nitrogen and oxygen atoms in total. The minimum Gasteiger partial charge on any atom is -0.291 e. The van der Waals surface area contributed by atoms with E-state index in [1.165, 1.54) is 23.3 Å². The minimum absolute atomic E-state index is 0.0785. The highest BCUT2D eigenvalue weighted by atomic mass is 19.4. The smallest absolute Gasteiger partial charge is 0.291 e. The van der Waals surface area contributed by atoms with Gasteiger partial charge >= 0.3 is 6.18 Å². The van der Waals surface area contributed by atoms with Crippen molar-refractivity contribution in [1.29, 1.82) is 0 Å². The molecule has 4 rings (SSSR count). The number of alkyl halides is 3. The van der Waals surface area contributed by atoms with E-state index in [0.717, 1.165) is 19.5 Å². The number of hydrogen-bond acceptors (Lipinski definition) is 1. The molecule has 0 bridgehead atoms. The van der Waals surface area contributed by atoms with Crippen LogP contribution in [-0.2, 0) is 19.3 Å². The molecule has 0 N–H and O–H groups in total. The molecule has 144 valence electrons. The second-order valence-corrected chi connectivity index (χ2v) is 7.37. The molecule has 1 saturated carbocycles. The summed E-state index contributed by atoms with van der Waals surface area (Å²) in [6.07, 6.45) is -3.56. The Labute approximate surface area is 163 Å². The highest BCUT2D eigenvalue weighted by Gasteiger charge is 2.46. The molecule has 4 heteroatoms. The summed E-state index contributed by atoms with van der Waals surface area (Å²) in [5.74, 6) is -0.0785. The first-order chi connectivity index (χ1) is 13.5. The van der Waals surface area contributed by atoms with Crippen molar-refractivity contribution < 1.29 is 13.2 Å². The summed E-state index contributed by atoms with van der Waals surface area (Å²) >= 11 is 0. The van der Waals surface area contributed by atoms with Gasteiger partial charge in [-0.15, -0.1) is 0 Å². The number of hydrogen-bond donors (Lipinski definition) is 0. The molecular weight excluding hydrogens is 359 g/mol. The molecule has 1 aliphatic carbocycles. The van der Waals surface area contributed by atoms with E-state index in [-0.39, 0.29) is 12.0 Å². The molecule has 0 spiro atoms. The van der Waals surface area contributed by atoms with Crippen molar-refractivity contribution in [3.63, 3.8) is 0 Å². The van der Waals surface area contributed by atoms with Crippen LogP contribution in [0.15, 0.2) is 84.9 Å². The van der Waals surface area contributed by atoms with Gasteiger partial charge in [-0.2, -0.15) is 13.2 Å². The lowest BCUT2D eigenvalue weighted by molar-refractivity contribution is -0.138. The number of rotatable bonds is 6. The maximum Gasteiger partial charge on any atom is 0.416 e. The van der Waals surface area contributed by atoms with Gasteiger partial charge in [0.15, 0.2) is 0 Å². The van der Waals surface area contributed by atoms with E-state index in [2.05, 4.69) is 29.2 Å². The van der Waals surface area contributed by atoms with Gasteiger partial charge in [0.05, 0.1) is 5.56 Å². The van der Waals surface area contributed by atoms with Crippen molar-refractivity contribution >= 4 is 0 Å². The maximum absolute atomic E-state index is 13.4. The third-order valence-electron chi connectivity index (χ3n) is 5.35. The van der Waals surface area contributed by atoms with E-state index in [0.29, 0.717) is 5.56 Å². The zero-order chi connectivity index (χ0) is 19.6. The standard InChI is InChI=1S/C24H22F3N/c25-24(26,27)22-14-8-7-13-20(22)21-15-23(21)28(16-18-9-3-1-4-10-18)17-19-11-5-2-6-12-19/h1-14,21,23H,15-17H2/t21?,23-/m0/s1. The van der Waals surface area contributed by atoms with Gasteiger partial charge in [0.25, 0.3) is 0 Å². The molecule has 0 aliphatic heterocycles. The van der Waals surface area contributed by atoms with Gasteiger partial charge in [0.1, 0.15) is 0 Å². The average Bonchev–Trinajstić information content (AvgIpc) is 3.49. The minimum atomic E-state index is -4.31. The zero-order valence-corrected chi connectivity index (χ0v) is 15.4. The van der Waals surface area contributed by atoms with Crippen LogP contribution in [-0.4, -0.2) is 10.9 Å². The SMILES string of the molecule is FC(F)(F)c1ccccc1C1C[C@@H]1N(Cc1ccccc1)Cc1ccccc1. The van der Waals surface area contributed by atoms with Gasteiger partial charge in [0.2, 0.25) is 0 Å². The number of nitrogens with zero attached hydrogens (tertiary/aromatic N) is 1. The van der Waals surface area contributed by atoms with Gasteiger partial charge in [-0.05, 0) is 29.2 Å². The van der Waals surface area contributed by atoms with Crippen molar-refractivity contribution in [3.8, 4) is 0 Å². The Morgan fingerprint density at radius 2 is 1.21 bits per heavy atom. The van der Waals surface area contributed by atoms with Crippen LogP contribution >= 0.6 is 0 Å². The Morgan fingerprint density at radius 3 is 1.75 bits per heavy atom. The molecule has 0 heterocycles. The van der Waals surface area contributed by atoms with Gasteiger partial charge in [-0.3, -0.25) is 4.90 Å². The van der Waals surface area contributed by atoms with Crippen molar-refractivity contribution in [2.45, 2.75) is 37.6 Å². The maximum atomic E-state index is 13.4. The number of halogens is 3. The van der Waals surface area contributed by atoms with Crippen molar-refractivity contribution in [3.05, 3.63) is 107 Å². The van der Waals surface area contributed by atoms with E-state index in [1.54, 1.807) is 12.1 Å². The molecular formula is C24H22F3N. The van der Waals surface area contributed by atoms with Crippen LogP contribution in [0.1, 0.15) is 34.6 Å². The average molecular weight is 381 g/mol. The molecule has 0 amide bonds. The van der Waals surface area contributed by atoms with Gasteiger partial charge < -0.3 is 0 Å². The second kappa shape index (κ2) is 7.80. The van der Waals surface area contributed by atoms with Crippen molar-refractivity contribution in [1.82, 2.24) is 4.90 Å². The summed E-state index contributed by atoms with van der Waals surface area (Å²) < 4.78 is 40.3. The van der Waals surface area contributed by atoms with E-state index in [9.17, 15) is 13.2 Å². The van der Waals surface area contributed by atoms with Crippen LogP contribution < -0.4 is 0 Å². The summed E-state index contributed by atoms with van der Waals surface area (Å²) in [6, 6.07) is 26.3. The summed E-state index contributed by atoms with van der Waals surface area (Å²) in [4.78, 5) is 2.31. The Kier molecular flexibility index (Phi) is 5.23. The van der Waals surface area contributed by atoms with E-state index < -0.39 is 11.7 Å². The quantitative estimate of drug-likeness (QED) is 0.487. The fourth-order valence-corrected chi connectivity index (χ4v) is 3.92. The van der Waals surface area contributed by atoms with Crippen molar-refractivity contribution in [2.24, 2.45) is 0 Å². The monoisotopic (exact) mass is 381 g/mol. The second-order valence-electron chi connectivity index (χ2n) is 7.37. The number of benzene rings is 3. The van der Waals surface area contributed by atoms with Gasteiger partial charge in [-0.1, -0.05) is 78.9 Å². The summed E-state index contributed by atoms with van der Waals surface area (Å²) in [6.45, 7) is 1.45. The van der Waals surface area contributed by atoms with E-state index in [4.69, 9.17) is 0 Å². The summed E-state index contributed by atoms with van der Waals surface area (Å²) in [7, 11) is 0. The first-order valence-electron chi connectivity index (χ1n) is 9.50. The van der Waals surface area contributed by atoms with Crippen LogP contribution in [0.2, 0.25) is 0 Å². The third kappa shape index (κ3) is 4.28. The van der Waals surface area contributed by atoms with Crippen LogP contribution in [0.4, 0.5) is 13.2 Å². The lowest BCUT2D eigenvalue weighted by Crippen LogP contribution is -2.26. The lowest BCUT2D eigenvalue weighted by Gasteiger charge is -2.24. The molecule has 1 unspecified atom stereocenters. The molecule has 1 fully saturated rings. The van der Waals surface area contributed by atoms with Crippen LogP contribution in [0.25, 0.3) is 0 Å². The van der Waals surface area contributed by atoms with Crippen LogP contribution in [0.5, 0.6) is 0 Å². The predicted molar refractivity (Wildman–Crippen MR) is 105 cm³/mol. The van der Waals surface area contributed by atoms with Crippen LogP contribution in [0, 0.1) is 0 Å².